The molecule has 2 N–H and O–H groups in total. The van der Waals surface area contributed by atoms with E-state index in [2.05, 4.69) is 76.1 Å². The Balaban J connectivity index is 0.000000248. The smallest absolute Gasteiger partial charge is 0.133 e. The third kappa shape index (κ3) is 6.97. The lowest BCUT2D eigenvalue weighted by molar-refractivity contribution is 0.292. The Kier molecular flexibility index (Phi) is 9.03. The van der Waals surface area contributed by atoms with Crippen molar-refractivity contribution in [2.45, 2.75) is 48.1 Å². The second kappa shape index (κ2) is 11.5. The van der Waals surface area contributed by atoms with E-state index in [0.29, 0.717) is 6.54 Å². The molecule has 160 valence electrons. The predicted molar refractivity (Wildman–Crippen MR) is 124 cm³/mol. The quantitative estimate of drug-likeness (QED) is 0.531. The van der Waals surface area contributed by atoms with E-state index in [4.69, 9.17) is 9.84 Å². The fraction of sp³-hybridized carbons (Fsp3) is 0.346. The van der Waals surface area contributed by atoms with E-state index in [1.165, 1.54) is 33.4 Å². The van der Waals surface area contributed by atoms with Crippen molar-refractivity contribution >= 4 is 0 Å². The van der Waals surface area contributed by atoms with Crippen molar-refractivity contribution in [1.82, 2.24) is 10.3 Å². The van der Waals surface area contributed by atoms with E-state index in [0.717, 1.165) is 23.6 Å². The lowest BCUT2D eigenvalue weighted by Crippen LogP contribution is -2.17. The Morgan fingerprint density at radius 1 is 0.833 bits per heavy atom. The molecule has 0 bridgehead atoms. The van der Waals surface area contributed by atoms with Gasteiger partial charge in [-0.1, -0.05) is 41.5 Å². The van der Waals surface area contributed by atoms with Crippen molar-refractivity contribution < 1.29 is 9.84 Å². The topological polar surface area (TPSA) is 54.4 Å². The first-order valence-electron chi connectivity index (χ1n) is 10.4. The number of nitrogens with one attached hydrogen (secondary N) is 1. The maximum atomic E-state index is 8.47. The van der Waals surface area contributed by atoms with Gasteiger partial charge in [0.05, 0.1) is 6.61 Å². The highest BCUT2D eigenvalue weighted by Gasteiger charge is 2.11. The molecule has 3 aromatic rings. The van der Waals surface area contributed by atoms with Crippen LogP contribution < -0.4 is 10.1 Å². The van der Waals surface area contributed by atoms with Gasteiger partial charge in [-0.15, -0.1) is 0 Å². The number of benzene rings is 2. The molecule has 1 heterocycles. The molecule has 3 rings (SSSR count). The van der Waals surface area contributed by atoms with Gasteiger partial charge in [-0.2, -0.15) is 0 Å². The second-order valence-corrected chi connectivity index (χ2v) is 7.82. The van der Waals surface area contributed by atoms with Crippen molar-refractivity contribution in [3.05, 3.63) is 87.7 Å². The summed E-state index contributed by atoms with van der Waals surface area (Å²) >= 11 is 0. The van der Waals surface area contributed by atoms with E-state index >= 15 is 0 Å². The minimum absolute atomic E-state index is 0.181. The minimum atomic E-state index is 0.181. The number of rotatable bonds is 6. The molecular weight excluding hydrogens is 372 g/mol. The molecule has 0 aliphatic carbocycles. The maximum Gasteiger partial charge on any atom is 0.133 e. The number of hydrogen-bond acceptors (Lipinski definition) is 4. The van der Waals surface area contributed by atoms with Crippen LogP contribution >= 0.6 is 0 Å². The average Bonchev–Trinajstić information content (AvgIpc) is 2.68. The molecule has 2 aromatic carbocycles. The number of pyridine rings is 1. The number of hydrogen-bond donors (Lipinski definition) is 2. The number of aliphatic hydroxyl groups is 1. The van der Waals surface area contributed by atoms with Gasteiger partial charge >= 0.3 is 0 Å². The minimum Gasteiger partial charge on any atom is -0.456 e. The number of ether oxygens (including phenoxy) is 1. The SMILES string of the molecule is Cc1cc(C)c(Oc2c(C)cc(C)cc2C)c(C)c1.OCCNCc1cccnc1. The monoisotopic (exact) mass is 406 g/mol. The molecule has 0 radical (unpaired) electrons. The summed E-state index contributed by atoms with van der Waals surface area (Å²) in [4.78, 5) is 3.96. The highest BCUT2D eigenvalue weighted by atomic mass is 16.5. The summed E-state index contributed by atoms with van der Waals surface area (Å²) < 4.78 is 6.21. The summed E-state index contributed by atoms with van der Waals surface area (Å²) in [5, 5.41) is 11.5. The molecule has 0 saturated heterocycles. The molecule has 0 atom stereocenters. The Bertz CT molecular complexity index is 851. The van der Waals surface area contributed by atoms with Gasteiger partial charge in [0.15, 0.2) is 0 Å². The molecule has 0 aliphatic heterocycles. The molecule has 4 heteroatoms. The standard InChI is InChI=1S/C18H22O.C8H12N2O/c1-11-7-13(3)17(14(4)8-11)19-18-15(5)9-12(2)10-16(18)6;11-5-4-10-7-8-2-1-3-9-6-8/h7-10H,1-6H3;1-3,6,10-11H,4-5,7H2. The van der Waals surface area contributed by atoms with Crippen LogP contribution in [0.2, 0.25) is 0 Å². The molecule has 0 spiro atoms. The summed E-state index contributed by atoms with van der Waals surface area (Å²) in [6.45, 7) is 14.2. The van der Waals surface area contributed by atoms with Crippen molar-refractivity contribution in [2.24, 2.45) is 0 Å². The van der Waals surface area contributed by atoms with Crippen LogP contribution in [0.3, 0.4) is 0 Å². The third-order valence-electron chi connectivity index (χ3n) is 4.75. The average molecular weight is 407 g/mol. The van der Waals surface area contributed by atoms with Crippen LogP contribution in [-0.2, 0) is 6.54 Å². The van der Waals surface area contributed by atoms with Crippen LogP contribution in [0.5, 0.6) is 11.5 Å². The predicted octanol–water partition coefficient (Wildman–Crippen LogP) is 5.49. The first-order valence-corrected chi connectivity index (χ1v) is 10.4. The van der Waals surface area contributed by atoms with Gasteiger partial charge in [0.25, 0.3) is 0 Å². The maximum absolute atomic E-state index is 8.47. The molecule has 4 nitrogen and oxygen atoms in total. The number of nitrogens with zero attached hydrogens (tertiary/aromatic N) is 1. The summed E-state index contributed by atoms with van der Waals surface area (Å²) in [6, 6.07) is 12.6. The Morgan fingerprint density at radius 3 is 1.73 bits per heavy atom. The molecule has 0 fully saturated rings. The van der Waals surface area contributed by atoms with Gasteiger partial charge in [-0.25, -0.2) is 0 Å². The number of aliphatic hydroxyl groups excluding tert-OH is 1. The largest absolute Gasteiger partial charge is 0.456 e. The molecule has 0 unspecified atom stereocenters. The van der Waals surface area contributed by atoms with Crippen LogP contribution in [0, 0.1) is 41.5 Å². The van der Waals surface area contributed by atoms with E-state index in [-0.39, 0.29) is 6.61 Å². The van der Waals surface area contributed by atoms with E-state index in [9.17, 15) is 0 Å². The van der Waals surface area contributed by atoms with Gasteiger partial charge in [-0.05, 0) is 75.4 Å². The Hall–Kier alpha value is -2.69. The summed E-state index contributed by atoms with van der Waals surface area (Å²) in [7, 11) is 0. The highest BCUT2D eigenvalue weighted by Crippen LogP contribution is 2.34. The van der Waals surface area contributed by atoms with Crippen LogP contribution in [0.1, 0.15) is 38.9 Å². The Labute approximate surface area is 181 Å². The van der Waals surface area contributed by atoms with Crippen LogP contribution in [0.15, 0.2) is 48.8 Å². The van der Waals surface area contributed by atoms with Gasteiger partial charge in [0, 0.05) is 25.5 Å². The third-order valence-corrected chi connectivity index (χ3v) is 4.75. The van der Waals surface area contributed by atoms with Gasteiger partial charge in [0.1, 0.15) is 11.5 Å². The molecular formula is C26H34N2O2. The zero-order chi connectivity index (χ0) is 22.1. The van der Waals surface area contributed by atoms with Crippen molar-refractivity contribution in [1.29, 1.82) is 0 Å². The number of aromatic nitrogens is 1. The zero-order valence-corrected chi connectivity index (χ0v) is 19.0. The fourth-order valence-corrected chi connectivity index (χ4v) is 3.57. The zero-order valence-electron chi connectivity index (χ0n) is 19.0. The lowest BCUT2D eigenvalue weighted by atomic mass is 10.0. The summed E-state index contributed by atoms with van der Waals surface area (Å²) in [6.07, 6.45) is 3.56. The molecule has 0 aliphatic rings. The molecule has 30 heavy (non-hydrogen) atoms. The van der Waals surface area contributed by atoms with E-state index in [1.54, 1.807) is 6.20 Å². The van der Waals surface area contributed by atoms with Crippen molar-refractivity contribution in [3.8, 4) is 11.5 Å². The summed E-state index contributed by atoms with van der Waals surface area (Å²) in [5.74, 6) is 1.97. The summed E-state index contributed by atoms with van der Waals surface area (Å²) in [5.41, 5.74) is 8.46. The Morgan fingerprint density at radius 2 is 1.33 bits per heavy atom. The normalized spacial score (nSPS) is 10.4. The molecule has 0 saturated carbocycles. The van der Waals surface area contributed by atoms with Gasteiger partial charge < -0.3 is 15.2 Å². The molecule has 1 aromatic heterocycles. The van der Waals surface area contributed by atoms with E-state index < -0.39 is 0 Å². The second-order valence-electron chi connectivity index (χ2n) is 7.82. The van der Waals surface area contributed by atoms with Gasteiger partial charge in [-0.3, -0.25) is 4.98 Å². The first-order chi connectivity index (χ1) is 14.3. The highest BCUT2D eigenvalue weighted by molar-refractivity contribution is 5.50. The molecule has 0 amide bonds. The van der Waals surface area contributed by atoms with Gasteiger partial charge in [0.2, 0.25) is 0 Å². The van der Waals surface area contributed by atoms with Crippen LogP contribution in [-0.4, -0.2) is 23.2 Å². The van der Waals surface area contributed by atoms with Crippen molar-refractivity contribution in [3.63, 3.8) is 0 Å². The van der Waals surface area contributed by atoms with E-state index in [1.807, 2.05) is 18.3 Å². The lowest BCUT2D eigenvalue weighted by Gasteiger charge is -2.17. The van der Waals surface area contributed by atoms with Crippen molar-refractivity contribution in [2.75, 3.05) is 13.2 Å². The fourth-order valence-electron chi connectivity index (χ4n) is 3.57. The van der Waals surface area contributed by atoms with Crippen LogP contribution in [0.4, 0.5) is 0 Å². The first kappa shape index (κ1) is 23.6. The van der Waals surface area contributed by atoms with Crippen LogP contribution in [0.25, 0.3) is 0 Å². The number of aryl methyl sites for hydroxylation is 6.